The summed E-state index contributed by atoms with van der Waals surface area (Å²) in [5.74, 6) is -1.04. The molecule has 0 bridgehead atoms. The first-order valence-electron chi connectivity index (χ1n) is 8.98. The Morgan fingerprint density at radius 1 is 1.27 bits per heavy atom. The van der Waals surface area contributed by atoms with Crippen LogP contribution in [0, 0.1) is 5.82 Å². The summed E-state index contributed by atoms with van der Waals surface area (Å²) in [6.07, 6.45) is 3.52. The highest BCUT2D eigenvalue weighted by molar-refractivity contribution is 6.08. The number of nitrogens with zero attached hydrogens (tertiary/aromatic N) is 2. The van der Waals surface area contributed by atoms with Crippen LogP contribution in [0.5, 0.6) is 0 Å². The zero-order valence-electron chi connectivity index (χ0n) is 15.1. The molecular formula is C19H24FN3O3. The van der Waals surface area contributed by atoms with Gasteiger partial charge in [-0.15, -0.1) is 0 Å². The van der Waals surface area contributed by atoms with Gasteiger partial charge in [-0.2, -0.15) is 0 Å². The predicted molar refractivity (Wildman–Crippen MR) is 93.6 cm³/mol. The quantitative estimate of drug-likeness (QED) is 0.842. The highest BCUT2D eigenvalue weighted by atomic mass is 19.1. The van der Waals surface area contributed by atoms with Gasteiger partial charge in [0.2, 0.25) is 5.91 Å². The van der Waals surface area contributed by atoms with Crippen LogP contribution >= 0.6 is 0 Å². The Balaban J connectivity index is 1.81. The number of urea groups is 1. The summed E-state index contributed by atoms with van der Waals surface area (Å²) in [6.45, 7) is 3.46. The lowest BCUT2D eigenvalue weighted by molar-refractivity contribution is -0.140. The van der Waals surface area contributed by atoms with Crippen LogP contribution in [0.3, 0.4) is 0 Å². The minimum absolute atomic E-state index is 0.241. The third-order valence-electron chi connectivity index (χ3n) is 5.04. The average molecular weight is 361 g/mol. The number of halogens is 1. The molecule has 1 aromatic carbocycles. The molecule has 0 unspecified atom stereocenters. The highest BCUT2D eigenvalue weighted by Crippen LogP contribution is 2.31. The van der Waals surface area contributed by atoms with Crippen LogP contribution in [-0.4, -0.2) is 46.3 Å². The van der Waals surface area contributed by atoms with Crippen LogP contribution in [0.1, 0.15) is 51.1 Å². The van der Waals surface area contributed by atoms with Crippen molar-refractivity contribution < 1.29 is 18.8 Å². The first-order valence-corrected chi connectivity index (χ1v) is 8.98. The number of hydrogen-bond donors (Lipinski definition) is 1. The second-order valence-electron chi connectivity index (χ2n) is 7.45. The van der Waals surface area contributed by atoms with Gasteiger partial charge in [0.15, 0.2) is 0 Å². The molecule has 7 heteroatoms. The van der Waals surface area contributed by atoms with E-state index in [1.807, 2.05) is 6.07 Å². The number of rotatable bonds is 3. The summed E-state index contributed by atoms with van der Waals surface area (Å²) in [5.41, 5.74) is -0.254. The largest absolute Gasteiger partial charge is 0.334 e. The monoisotopic (exact) mass is 361 g/mol. The van der Waals surface area contributed by atoms with Gasteiger partial charge in [-0.25, -0.2) is 9.18 Å². The minimum atomic E-state index is -1.00. The minimum Gasteiger partial charge on any atom is -0.334 e. The number of hydrogen-bond acceptors (Lipinski definition) is 3. The van der Waals surface area contributed by atoms with Gasteiger partial charge in [0.25, 0.3) is 5.91 Å². The molecule has 2 aliphatic heterocycles. The van der Waals surface area contributed by atoms with Gasteiger partial charge in [-0.3, -0.25) is 14.5 Å². The Kier molecular flexibility index (Phi) is 4.98. The molecule has 2 heterocycles. The zero-order valence-corrected chi connectivity index (χ0v) is 15.1. The fourth-order valence-electron chi connectivity index (χ4n) is 3.65. The van der Waals surface area contributed by atoms with Gasteiger partial charge in [0, 0.05) is 6.54 Å². The molecule has 1 atom stereocenters. The summed E-state index contributed by atoms with van der Waals surface area (Å²) in [5, 5.41) is 2.58. The molecule has 0 saturated carbocycles. The summed E-state index contributed by atoms with van der Waals surface area (Å²) in [7, 11) is 0. The van der Waals surface area contributed by atoms with Gasteiger partial charge in [0.1, 0.15) is 17.9 Å². The van der Waals surface area contributed by atoms with Crippen molar-refractivity contribution in [3.63, 3.8) is 0 Å². The molecule has 2 aliphatic rings. The summed E-state index contributed by atoms with van der Waals surface area (Å²) >= 11 is 0. The van der Waals surface area contributed by atoms with E-state index >= 15 is 0 Å². The molecule has 2 saturated heterocycles. The van der Waals surface area contributed by atoms with Gasteiger partial charge >= 0.3 is 6.03 Å². The molecule has 26 heavy (non-hydrogen) atoms. The van der Waals surface area contributed by atoms with Crippen LogP contribution in [0.25, 0.3) is 0 Å². The lowest BCUT2D eigenvalue weighted by Gasteiger charge is -2.31. The molecule has 1 N–H and O–H groups in total. The standard InChI is InChI=1S/C19H24FN3O3/c1-19(2)17(25)23(18(26)21-19)12-16(24)22-10-5-3-4-9-15(22)13-7-6-8-14(20)11-13/h6-8,11,15H,3-5,9-10,12H2,1-2H3,(H,21,26)/t15-/m1/s1. The van der Waals surface area contributed by atoms with E-state index in [-0.39, 0.29) is 24.3 Å². The summed E-state index contributed by atoms with van der Waals surface area (Å²) in [4.78, 5) is 40.0. The second-order valence-corrected chi connectivity index (χ2v) is 7.45. The summed E-state index contributed by atoms with van der Waals surface area (Å²) < 4.78 is 13.7. The Morgan fingerprint density at radius 2 is 2.04 bits per heavy atom. The molecular weight excluding hydrogens is 337 g/mol. The normalized spacial score (nSPS) is 23.0. The van der Waals surface area contributed by atoms with Crippen molar-refractivity contribution in [1.82, 2.24) is 15.1 Å². The smallest absolute Gasteiger partial charge is 0.325 e. The first kappa shape index (κ1) is 18.4. The third kappa shape index (κ3) is 3.57. The van der Waals surface area contributed by atoms with Crippen molar-refractivity contribution in [2.45, 2.75) is 51.1 Å². The van der Waals surface area contributed by atoms with E-state index in [1.54, 1.807) is 24.8 Å². The van der Waals surface area contributed by atoms with E-state index in [2.05, 4.69) is 5.32 Å². The number of nitrogens with one attached hydrogen (secondary N) is 1. The van der Waals surface area contributed by atoms with Gasteiger partial charge in [-0.1, -0.05) is 25.0 Å². The molecule has 0 spiro atoms. The Hall–Kier alpha value is -2.44. The number of benzene rings is 1. The van der Waals surface area contributed by atoms with Crippen LogP contribution in [-0.2, 0) is 9.59 Å². The zero-order chi connectivity index (χ0) is 18.9. The number of amides is 4. The Morgan fingerprint density at radius 3 is 2.69 bits per heavy atom. The fourth-order valence-corrected chi connectivity index (χ4v) is 3.65. The van der Waals surface area contributed by atoms with Crippen molar-refractivity contribution in [2.24, 2.45) is 0 Å². The van der Waals surface area contributed by atoms with Crippen LogP contribution < -0.4 is 5.32 Å². The van der Waals surface area contributed by atoms with Crippen molar-refractivity contribution in [2.75, 3.05) is 13.1 Å². The highest BCUT2D eigenvalue weighted by Gasteiger charge is 2.45. The summed E-state index contributed by atoms with van der Waals surface area (Å²) in [6, 6.07) is 5.49. The lowest BCUT2D eigenvalue weighted by atomic mass is 10.0. The average Bonchev–Trinajstić information content (AvgIpc) is 2.78. The van der Waals surface area contributed by atoms with E-state index in [1.165, 1.54) is 12.1 Å². The van der Waals surface area contributed by atoms with Crippen molar-refractivity contribution >= 4 is 17.8 Å². The van der Waals surface area contributed by atoms with Crippen LogP contribution in [0.4, 0.5) is 9.18 Å². The maximum Gasteiger partial charge on any atom is 0.325 e. The number of imide groups is 1. The number of likely N-dealkylation sites (tertiary alicyclic amines) is 1. The van der Waals surface area contributed by atoms with E-state index in [0.29, 0.717) is 6.54 Å². The fraction of sp³-hybridized carbons (Fsp3) is 0.526. The molecule has 0 radical (unpaired) electrons. The van der Waals surface area contributed by atoms with Gasteiger partial charge in [-0.05, 0) is 44.4 Å². The molecule has 1 aromatic rings. The maximum atomic E-state index is 13.7. The lowest BCUT2D eigenvalue weighted by Crippen LogP contribution is -2.45. The molecule has 4 amide bonds. The molecule has 140 valence electrons. The maximum absolute atomic E-state index is 13.7. The van der Waals surface area contributed by atoms with Crippen molar-refractivity contribution in [3.8, 4) is 0 Å². The van der Waals surface area contributed by atoms with Crippen LogP contribution in [0.15, 0.2) is 24.3 Å². The van der Waals surface area contributed by atoms with Crippen molar-refractivity contribution in [3.05, 3.63) is 35.6 Å². The number of carbonyl (C=O) groups is 3. The third-order valence-corrected chi connectivity index (χ3v) is 5.04. The Labute approximate surface area is 152 Å². The van der Waals surface area contributed by atoms with Crippen molar-refractivity contribution in [1.29, 1.82) is 0 Å². The predicted octanol–water partition coefficient (Wildman–Crippen LogP) is 2.60. The molecule has 2 fully saturated rings. The van der Waals surface area contributed by atoms with E-state index in [4.69, 9.17) is 0 Å². The van der Waals surface area contributed by atoms with Gasteiger partial charge in [0.05, 0.1) is 6.04 Å². The molecule has 0 aliphatic carbocycles. The Bertz CT molecular complexity index is 734. The molecule has 0 aromatic heterocycles. The SMILES string of the molecule is CC1(C)NC(=O)N(CC(=O)N2CCCCC[C@@H]2c2cccc(F)c2)C1=O. The van der Waals surface area contributed by atoms with E-state index < -0.39 is 17.5 Å². The number of carbonyl (C=O) groups excluding carboxylic acids is 3. The topological polar surface area (TPSA) is 69.7 Å². The van der Waals surface area contributed by atoms with E-state index in [0.717, 1.165) is 36.1 Å². The van der Waals surface area contributed by atoms with E-state index in [9.17, 15) is 18.8 Å². The van der Waals surface area contributed by atoms with Crippen LogP contribution in [0.2, 0.25) is 0 Å². The second kappa shape index (κ2) is 7.05. The first-order chi connectivity index (χ1) is 12.3. The molecule has 6 nitrogen and oxygen atoms in total. The molecule has 3 rings (SSSR count). The van der Waals surface area contributed by atoms with Gasteiger partial charge < -0.3 is 10.2 Å².